The molecule has 0 bridgehead atoms. The van der Waals surface area contributed by atoms with Crippen molar-refractivity contribution in [2.24, 2.45) is 5.73 Å². The molecule has 17 heavy (non-hydrogen) atoms. The Morgan fingerprint density at radius 1 is 1.41 bits per heavy atom. The monoisotopic (exact) mass is 298 g/mol. The summed E-state index contributed by atoms with van der Waals surface area (Å²) in [6.45, 7) is 5.61. The summed E-state index contributed by atoms with van der Waals surface area (Å²) in [7, 11) is 0. The second kappa shape index (κ2) is 5.85. The third-order valence-electron chi connectivity index (χ3n) is 2.95. The molecule has 0 amide bonds. The molecular weight excluding hydrogens is 280 g/mol. The molecule has 1 aromatic carbocycles. The first kappa shape index (κ1) is 12.9. The molecule has 1 aliphatic rings. The van der Waals surface area contributed by atoms with Crippen molar-refractivity contribution >= 4 is 21.6 Å². The Morgan fingerprint density at radius 3 is 2.71 bits per heavy atom. The van der Waals surface area contributed by atoms with Crippen molar-refractivity contribution in [2.45, 2.75) is 19.4 Å². The fourth-order valence-electron chi connectivity index (χ4n) is 2.07. The van der Waals surface area contributed by atoms with Crippen molar-refractivity contribution in [1.82, 2.24) is 0 Å². The van der Waals surface area contributed by atoms with Gasteiger partial charge in [-0.25, -0.2) is 0 Å². The summed E-state index contributed by atoms with van der Waals surface area (Å²) in [5.74, 6) is 0. The van der Waals surface area contributed by atoms with Gasteiger partial charge in [0.1, 0.15) is 0 Å². The van der Waals surface area contributed by atoms with E-state index < -0.39 is 0 Å². The summed E-state index contributed by atoms with van der Waals surface area (Å²) < 4.78 is 6.51. The highest BCUT2D eigenvalue weighted by atomic mass is 79.9. The smallest absolute Gasteiger partial charge is 0.0642 e. The Hall–Kier alpha value is -0.580. The fourth-order valence-corrected chi connectivity index (χ4v) is 2.60. The first-order chi connectivity index (χ1) is 8.16. The Balaban J connectivity index is 2.12. The van der Waals surface area contributed by atoms with Crippen LogP contribution in [0.1, 0.15) is 12.5 Å². The van der Waals surface area contributed by atoms with Crippen molar-refractivity contribution in [2.75, 3.05) is 31.2 Å². The number of hydrogen-bond donors (Lipinski definition) is 1. The van der Waals surface area contributed by atoms with Crippen molar-refractivity contribution in [3.05, 3.63) is 28.2 Å². The number of nitrogens with zero attached hydrogens (tertiary/aromatic N) is 1. The summed E-state index contributed by atoms with van der Waals surface area (Å²) in [6.07, 6.45) is 0.907. The number of rotatable bonds is 3. The summed E-state index contributed by atoms with van der Waals surface area (Å²) in [5, 5.41) is 0. The molecule has 0 aliphatic carbocycles. The molecule has 2 N–H and O–H groups in total. The zero-order valence-corrected chi connectivity index (χ0v) is 11.7. The van der Waals surface area contributed by atoms with Gasteiger partial charge in [0.05, 0.1) is 13.2 Å². The largest absolute Gasteiger partial charge is 0.378 e. The number of halogens is 1. The van der Waals surface area contributed by atoms with E-state index in [1.165, 1.54) is 11.3 Å². The minimum Gasteiger partial charge on any atom is -0.378 e. The first-order valence-corrected chi connectivity index (χ1v) is 6.83. The van der Waals surface area contributed by atoms with E-state index in [1.807, 2.05) is 6.92 Å². The van der Waals surface area contributed by atoms with E-state index in [-0.39, 0.29) is 6.04 Å². The molecule has 1 atom stereocenters. The maximum Gasteiger partial charge on any atom is 0.0642 e. The number of morpholine rings is 1. The number of benzene rings is 1. The molecule has 0 radical (unpaired) electrons. The lowest BCUT2D eigenvalue weighted by Gasteiger charge is -2.29. The molecule has 1 heterocycles. The van der Waals surface area contributed by atoms with Crippen LogP contribution in [0.3, 0.4) is 0 Å². The van der Waals surface area contributed by atoms with Crippen LogP contribution in [0.2, 0.25) is 0 Å². The van der Waals surface area contributed by atoms with Crippen LogP contribution in [0.15, 0.2) is 22.7 Å². The van der Waals surface area contributed by atoms with Crippen LogP contribution in [0.25, 0.3) is 0 Å². The third kappa shape index (κ3) is 3.44. The molecule has 0 saturated carbocycles. The van der Waals surface area contributed by atoms with Crippen molar-refractivity contribution in [3.8, 4) is 0 Å². The normalized spacial score (nSPS) is 18.2. The lowest BCUT2D eigenvalue weighted by atomic mass is 10.1. The van der Waals surface area contributed by atoms with Gasteiger partial charge in [0.25, 0.3) is 0 Å². The third-order valence-corrected chi connectivity index (χ3v) is 3.69. The number of ether oxygens (including phenoxy) is 1. The Morgan fingerprint density at radius 2 is 2.12 bits per heavy atom. The van der Waals surface area contributed by atoms with Gasteiger partial charge in [-0.15, -0.1) is 0 Å². The molecule has 3 nitrogen and oxygen atoms in total. The van der Waals surface area contributed by atoms with Crippen LogP contribution in [0.5, 0.6) is 0 Å². The standard InChI is InChI=1S/C13H19BrN2O/c1-10(15)8-11-2-3-12(9-13(11)14)16-4-6-17-7-5-16/h2-3,9-10H,4-8,15H2,1H3. The second-order valence-corrected chi connectivity index (χ2v) is 5.41. The molecule has 1 fully saturated rings. The maximum absolute atomic E-state index is 5.83. The van der Waals surface area contributed by atoms with E-state index in [0.717, 1.165) is 37.2 Å². The molecule has 1 aliphatic heterocycles. The van der Waals surface area contributed by atoms with Crippen LogP contribution in [0.4, 0.5) is 5.69 Å². The van der Waals surface area contributed by atoms with Crippen LogP contribution in [-0.4, -0.2) is 32.3 Å². The molecule has 94 valence electrons. The van der Waals surface area contributed by atoms with Gasteiger partial charge in [-0.3, -0.25) is 0 Å². The maximum atomic E-state index is 5.83. The van der Waals surface area contributed by atoms with E-state index in [4.69, 9.17) is 10.5 Å². The van der Waals surface area contributed by atoms with Gasteiger partial charge in [-0.1, -0.05) is 22.0 Å². The summed E-state index contributed by atoms with van der Waals surface area (Å²) in [4.78, 5) is 2.35. The quantitative estimate of drug-likeness (QED) is 0.929. The zero-order chi connectivity index (χ0) is 12.3. The first-order valence-electron chi connectivity index (χ1n) is 6.03. The van der Waals surface area contributed by atoms with E-state index in [1.54, 1.807) is 0 Å². The van der Waals surface area contributed by atoms with Crippen LogP contribution < -0.4 is 10.6 Å². The predicted molar refractivity (Wildman–Crippen MR) is 74.5 cm³/mol. The Kier molecular flexibility index (Phi) is 4.42. The van der Waals surface area contributed by atoms with Gasteiger partial charge in [0.2, 0.25) is 0 Å². The fraction of sp³-hybridized carbons (Fsp3) is 0.538. The van der Waals surface area contributed by atoms with Gasteiger partial charge in [-0.2, -0.15) is 0 Å². The van der Waals surface area contributed by atoms with Gasteiger partial charge in [-0.05, 0) is 31.0 Å². The van der Waals surface area contributed by atoms with Crippen LogP contribution in [0, 0.1) is 0 Å². The van der Waals surface area contributed by atoms with Crippen molar-refractivity contribution in [3.63, 3.8) is 0 Å². The van der Waals surface area contributed by atoms with E-state index in [2.05, 4.69) is 39.0 Å². The van der Waals surface area contributed by atoms with Crippen molar-refractivity contribution in [1.29, 1.82) is 0 Å². The number of nitrogens with two attached hydrogens (primary N) is 1. The lowest BCUT2D eigenvalue weighted by molar-refractivity contribution is 0.122. The topological polar surface area (TPSA) is 38.5 Å². The summed E-state index contributed by atoms with van der Waals surface area (Å²) >= 11 is 3.63. The highest BCUT2D eigenvalue weighted by molar-refractivity contribution is 9.10. The van der Waals surface area contributed by atoms with Crippen LogP contribution in [-0.2, 0) is 11.2 Å². The highest BCUT2D eigenvalue weighted by Crippen LogP contribution is 2.25. The molecular formula is C13H19BrN2O. The van der Waals surface area contributed by atoms with Gasteiger partial charge < -0.3 is 15.4 Å². The van der Waals surface area contributed by atoms with Crippen molar-refractivity contribution < 1.29 is 4.74 Å². The number of anilines is 1. The van der Waals surface area contributed by atoms with E-state index >= 15 is 0 Å². The van der Waals surface area contributed by atoms with Gasteiger partial charge in [0.15, 0.2) is 0 Å². The molecule has 0 aromatic heterocycles. The highest BCUT2D eigenvalue weighted by Gasteiger charge is 2.12. The molecule has 4 heteroatoms. The minimum atomic E-state index is 0.195. The van der Waals surface area contributed by atoms with Crippen LogP contribution >= 0.6 is 15.9 Å². The van der Waals surface area contributed by atoms with Gasteiger partial charge >= 0.3 is 0 Å². The lowest BCUT2D eigenvalue weighted by Crippen LogP contribution is -2.36. The molecule has 1 aromatic rings. The summed E-state index contributed by atoms with van der Waals surface area (Å²) in [6, 6.07) is 6.72. The molecule has 1 unspecified atom stereocenters. The predicted octanol–water partition coefficient (Wildman–Crippen LogP) is 2.18. The molecule has 1 saturated heterocycles. The van der Waals surface area contributed by atoms with E-state index in [9.17, 15) is 0 Å². The summed E-state index contributed by atoms with van der Waals surface area (Å²) in [5.41, 5.74) is 8.36. The SMILES string of the molecule is CC(N)Cc1ccc(N2CCOCC2)cc1Br. The average molecular weight is 299 g/mol. The van der Waals surface area contributed by atoms with Gasteiger partial charge in [0, 0.05) is 29.3 Å². The minimum absolute atomic E-state index is 0.195. The zero-order valence-electron chi connectivity index (χ0n) is 10.2. The van der Waals surface area contributed by atoms with E-state index in [0.29, 0.717) is 0 Å². The molecule has 2 rings (SSSR count). The Labute approximate surface area is 111 Å². The molecule has 0 spiro atoms. The second-order valence-electron chi connectivity index (χ2n) is 4.56. The number of hydrogen-bond acceptors (Lipinski definition) is 3. The Bertz CT molecular complexity index is 376. The average Bonchev–Trinajstić information content (AvgIpc) is 2.32.